The minimum Gasteiger partial charge on any atom is -0.507 e. The minimum atomic E-state index is -0.380. The number of anilines is 1. The van der Waals surface area contributed by atoms with Gasteiger partial charge in [-0.15, -0.1) is 11.3 Å². The molecule has 1 aromatic carbocycles. The third-order valence-electron chi connectivity index (χ3n) is 3.27. The largest absolute Gasteiger partial charge is 0.507 e. The molecule has 21 heavy (non-hydrogen) atoms. The number of ether oxygens (including phenoxy) is 1. The highest BCUT2D eigenvalue weighted by Gasteiger charge is 2.18. The maximum Gasteiger partial charge on any atom is 0.261 e. The molecule has 7 heteroatoms. The third-order valence-corrected chi connectivity index (χ3v) is 4.29. The van der Waals surface area contributed by atoms with Crippen LogP contribution in [0, 0.1) is 0 Å². The van der Waals surface area contributed by atoms with Gasteiger partial charge in [0.25, 0.3) is 5.91 Å². The number of fused-ring (bicyclic) bond motifs is 1. The molecule has 3 rings (SSSR count). The van der Waals surface area contributed by atoms with E-state index in [2.05, 4.69) is 15.6 Å². The van der Waals surface area contributed by atoms with Crippen molar-refractivity contribution in [3.8, 4) is 11.5 Å². The molecular weight excluding hydrogens is 290 g/mol. The molecule has 110 valence electrons. The summed E-state index contributed by atoms with van der Waals surface area (Å²) in [6, 6.07) is 4.57. The van der Waals surface area contributed by atoms with Gasteiger partial charge in [-0.25, -0.2) is 4.98 Å². The van der Waals surface area contributed by atoms with Crippen LogP contribution < -0.4 is 15.4 Å². The molecule has 2 aromatic rings. The van der Waals surface area contributed by atoms with Gasteiger partial charge in [0.1, 0.15) is 11.5 Å². The van der Waals surface area contributed by atoms with Crippen LogP contribution in [0.15, 0.2) is 18.2 Å². The van der Waals surface area contributed by atoms with Crippen LogP contribution in [0.2, 0.25) is 0 Å². The number of hydrogen-bond acceptors (Lipinski definition) is 6. The zero-order valence-electron chi connectivity index (χ0n) is 11.5. The van der Waals surface area contributed by atoms with Crippen LogP contribution in [0.5, 0.6) is 11.5 Å². The number of hydrogen-bond donors (Lipinski definition) is 3. The molecule has 0 saturated heterocycles. The second-order valence-corrected chi connectivity index (χ2v) is 5.74. The molecule has 2 heterocycles. The number of rotatable bonds is 3. The van der Waals surface area contributed by atoms with Crippen LogP contribution in [0.3, 0.4) is 0 Å². The quantitative estimate of drug-likeness (QED) is 0.805. The third kappa shape index (κ3) is 2.84. The summed E-state index contributed by atoms with van der Waals surface area (Å²) < 4.78 is 4.99. The van der Waals surface area contributed by atoms with E-state index in [1.165, 1.54) is 30.6 Å². The molecule has 0 bridgehead atoms. The summed E-state index contributed by atoms with van der Waals surface area (Å²) in [5, 5.41) is 16.4. The number of benzene rings is 1. The van der Waals surface area contributed by atoms with Gasteiger partial charge < -0.3 is 15.2 Å². The second kappa shape index (κ2) is 5.71. The molecule has 3 N–H and O–H groups in total. The number of phenolic OH excluding ortho intramolecular Hbond substituents is 1. The summed E-state index contributed by atoms with van der Waals surface area (Å²) in [7, 11) is 1.50. The molecular formula is C14H15N3O3S. The molecule has 1 aliphatic rings. The lowest BCUT2D eigenvalue weighted by molar-refractivity contribution is 0.102. The number of methoxy groups -OCH3 is 1. The van der Waals surface area contributed by atoms with Gasteiger partial charge in [-0.3, -0.25) is 10.1 Å². The Bertz CT molecular complexity index is 661. The number of aromatic hydroxyl groups is 1. The van der Waals surface area contributed by atoms with Crippen LogP contribution in [0.4, 0.5) is 5.13 Å². The predicted octanol–water partition coefficient (Wildman–Crippen LogP) is 1.76. The highest BCUT2D eigenvalue weighted by atomic mass is 32.1. The lowest BCUT2D eigenvalue weighted by atomic mass is 10.2. The Balaban J connectivity index is 1.78. The Morgan fingerprint density at radius 2 is 2.38 bits per heavy atom. The van der Waals surface area contributed by atoms with Gasteiger partial charge in [0, 0.05) is 30.5 Å². The number of aromatic nitrogens is 1. The topological polar surface area (TPSA) is 83.5 Å². The lowest BCUT2D eigenvalue weighted by Gasteiger charge is -2.09. The smallest absolute Gasteiger partial charge is 0.261 e. The lowest BCUT2D eigenvalue weighted by Crippen LogP contribution is -2.22. The summed E-state index contributed by atoms with van der Waals surface area (Å²) in [6.07, 6.45) is 0.871. The van der Waals surface area contributed by atoms with Crippen molar-refractivity contribution >= 4 is 22.4 Å². The van der Waals surface area contributed by atoms with Crippen LogP contribution in [0.1, 0.15) is 20.9 Å². The van der Waals surface area contributed by atoms with Gasteiger partial charge in [-0.1, -0.05) is 0 Å². The Hall–Kier alpha value is -2.12. The van der Waals surface area contributed by atoms with E-state index in [0.717, 1.165) is 30.1 Å². The summed E-state index contributed by atoms with van der Waals surface area (Å²) in [5.74, 6) is 0.00359. The van der Waals surface area contributed by atoms with E-state index < -0.39 is 0 Å². The number of nitrogens with one attached hydrogen (secondary N) is 2. The summed E-state index contributed by atoms with van der Waals surface area (Å²) in [5.41, 5.74) is 1.23. The standard InChI is InChI=1S/C14H15N3O3S/c1-20-8-2-3-9(11(18)6-8)13(19)17-14-16-10-4-5-15-7-12(10)21-14/h2-3,6,15,18H,4-5,7H2,1H3,(H,16,17,19). The van der Waals surface area contributed by atoms with Crippen molar-refractivity contribution in [3.05, 3.63) is 34.3 Å². The Morgan fingerprint density at radius 1 is 1.52 bits per heavy atom. The van der Waals surface area contributed by atoms with Gasteiger partial charge in [0.05, 0.1) is 18.4 Å². The van der Waals surface area contributed by atoms with Crippen molar-refractivity contribution in [1.82, 2.24) is 10.3 Å². The zero-order chi connectivity index (χ0) is 14.8. The fourth-order valence-electron chi connectivity index (χ4n) is 2.17. The van der Waals surface area contributed by atoms with Gasteiger partial charge in [-0.2, -0.15) is 0 Å². The van der Waals surface area contributed by atoms with Crippen molar-refractivity contribution < 1.29 is 14.6 Å². The molecule has 0 radical (unpaired) electrons. The highest BCUT2D eigenvalue weighted by molar-refractivity contribution is 7.15. The van der Waals surface area contributed by atoms with Crippen LogP contribution in [0.25, 0.3) is 0 Å². The molecule has 0 atom stereocenters. The van der Waals surface area contributed by atoms with Crippen molar-refractivity contribution in [3.63, 3.8) is 0 Å². The highest BCUT2D eigenvalue weighted by Crippen LogP contribution is 2.28. The predicted molar refractivity (Wildman–Crippen MR) is 80.1 cm³/mol. The molecule has 0 saturated carbocycles. The number of carbonyl (C=O) groups excluding carboxylic acids is 1. The Morgan fingerprint density at radius 3 is 3.10 bits per heavy atom. The number of carbonyl (C=O) groups is 1. The maximum absolute atomic E-state index is 12.2. The van der Waals surface area contributed by atoms with Crippen LogP contribution >= 0.6 is 11.3 Å². The van der Waals surface area contributed by atoms with Gasteiger partial charge in [0.2, 0.25) is 0 Å². The number of amides is 1. The monoisotopic (exact) mass is 305 g/mol. The van der Waals surface area contributed by atoms with Crippen molar-refractivity contribution in [1.29, 1.82) is 0 Å². The van der Waals surface area contributed by atoms with Crippen LogP contribution in [-0.4, -0.2) is 29.7 Å². The van der Waals surface area contributed by atoms with E-state index in [1.54, 1.807) is 6.07 Å². The second-order valence-electron chi connectivity index (χ2n) is 4.65. The fraction of sp³-hybridized carbons (Fsp3) is 0.286. The molecule has 1 amide bonds. The number of thiazole rings is 1. The van der Waals surface area contributed by atoms with E-state index in [9.17, 15) is 9.90 Å². The first-order chi connectivity index (χ1) is 10.2. The Kier molecular flexibility index (Phi) is 3.76. The molecule has 1 aliphatic heterocycles. The summed E-state index contributed by atoms with van der Waals surface area (Å²) in [4.78, 5) is 17.8. The fourth-order valence-corrected chi connectivity index (χ4v) is 3.15. The van der Waals surface area contributed by atoms with Gasteiger partial charge in [-0.05, 0) is 12.1 Å². The van der Waals surface area contributed by atoms with E-state index in [1.807, 2.05) is 0 Å². The average molecular weight is 305 g/mol. The van der Waals surface area contributed by atoms with E-state index in [-0.39, 0.29) is 17.2 Å². The maximum atomic E-state index is 12.2. The first kappa shape index (κ1) is 13.8. The van der Waals surface area contributed by atoms with E-state index >= 15 is 0 Å². The SMILES string of the molecule is COc1ccc(C(=O)Nc2nc3c(s2)CNCC3)c(O)c1. The molecule has 1 aromatic heterocycles. The Labute approximate surface area is 125 Å². The normalized spacial score (nSPS) is 13.6. The average Bonchev–Trinajstić information content (AvgIpc) is 2.88. The molecule has 0 unspecified atom stereocenters. The number of phenols is 1. The van der Waals surface area contributed by atoms with Crippen molar-refractivity contribution in [2.45, 2.75) is 13.0 Å². The van der Waals surface area contributed by atoms with Crippen LogP contribution in [-0.2, 0) is 13.0 Å². The van der Waals surface area contributed by atoms with Crippen molar-refractivity contribution in [2.75, 3.05) is 19.0 Å². The minimum absolute atomic E-state index is 0.116. The molecule has 0 fully saturated rings. The number of nitrogens with zero attached hydrogens (tertiary/aromatic N) is 1. The van der Waals surface area contributed by atoms with Crippen molar-refractivity contribution in [2.24, 2.45) is 0 Å². The first-order valence-corrected chi connectivity index (χ1v) is 7.36. The first-order valence-electron chi connectivity index (χ1n) is 6.55. The van der Waals surface area contributed by atoms with Gasteiger partial charge in [0.15, 0.2) is 5.13 Å². The van der Waals surface area contributed by atoms with E-state index in [4.69, 9.17) is 4.74 Å². The summed E-state index contributed by atoms with van der Waals surface area (Å²) in [6.45, 7) is 1.69. The zero-order valence-corrected chi connectivity index (χ0v) is 12.3. The van der Waals surface area contributed by atoms with E-state index in [0.29, 0.717) is 10.9 Å². The molecule has 6 nitrogen and oxygen atoms in total. The summed E-state index contributed by atoms with van der Waals surface area (Å²) >= 11 is 1.46. The molecule has 0 aliphatic carbocycles. The molecule has 0 spiro atoms. The van der Waals surface area contributed by atoms with Gasteiger partial charge >= 0.3 is 0 Å².